The number of allylic oxidation sites excluding steroid dienone is 4. The Hall–Kier alpha value is -1.13. The van der Waals surface area contributed by atoms with Crippen molar-refractivity contribution < 1.29 is 19.4 Å². The zero-order chi connectivity index (χ0) is 26.4. The molecule has 0 spiro atoms. The number of carbonyl (C=O) groups is 1. The van der Waals surface area contributed by atoms with Gasteiger partial charge in [0.05, 0.1) is 13.2 Å². The van der Waals surface area contributed by atoms with Gasteiger partial charge in [-0.2, -0.15) is 0 Å². The predicted molar refractivity (Wildman–Crippen MR) is 154 cm³/mol. The van der Waals surface area contributed by atoms with Crippen molar-refractivity contribution in [1.29, 1.82) is 0 Å². The molecule has 4 nitrogen and oxygen atoms in total. The molecule has 212 valence electrons. The summed E-state index contributed by atoms with van der Waals surface area (Å²) in [6.07, 6.45) is 33.4. The Kier molecular flexibility index (Phi) is 29.2. The van der Waals surface area contributed by atoms with Crippen molar-refractivity contribution >= 4 is 5.97 Å². The molecule has 0 heterocycles. The van der Waals surface area contributed by atoms with Crippen LogP contribution in [0.2, 0.25) is 0 Å². The molecule has 0 saturated carbocycles. The van der Waals surface area contributed by atoms with Gasteiger partial charge in [-0.25, -0.2) is 0 Å². The summed E-state index contributed by atoms with van der Waals surface area (Å²) < 4.78 is 11.0. The number of hydrogen-bond acceptors (Lipinski definition) is 4. The van der Waals surface area contributed by atoms with Crippen molar-refractivity contribution in [3.63, 3.8) is 0 Å². The van der Waals surface area contributed by atoms with Gasteiger partial charge in [0.25, 0.3) is 0 Å². The van der Waals surface area contributed by atoms with E-state index in [1.54, 1.807) is 0 Å². The summed E-state index contributed by atoms with van der Waals surface area (Å²) in [6, 6.07) is 0. The maximum absolute atomic E-state index is 12.0. The zero-order valence-corrected chi connectivity index (χ0v) is 24.0. The molecule has 1 N–H and O–H groups in total. The van der Waals surface area contributed by atoms with Gasteiger partial charge < -0.3 is 14.6 Å². The van der Waals surface area contributed by atoms with E-state index in [9.17, 15) is 9.90 Å². The lowest BCUT2D eigenvalue weighted by molar-refractivity contribution is -0.154. The molecule has 4 heteroatoms. The second-order valence-corrected chi connectivity index (χ2v) is 10.2. The highest BCUT2D eigenvalue weighted by Gasteiger charge is 2.13. The van der Waals surface area contributed by atoms with Crippen LogP contribution in [0.4, 0.5) is 0 Å². The molecule has 1 unspecified atom stereocenters. The van der Waals surface area contributed by atoms with E-state index in [4.69, 9.17) is 9.47 Å². The molecule has 0 rings (SSSR count). The van der Waals surface area contributed by atoms with E-state index in [0.29, 0.717) is 19.6 Å². The van der Waals surface area contributed by atoms with Crippen molar-refractivity contribution in [2.45, 2.75) is 155 Å². The topological polar surface area (TPSA) is 55.8 Å². The van der Waals surface area contributed by atoms with Crippen LogP contribution in [0.1, 0.15) is 149 Å². The molecule has 0 saturated heterocycles. The first-order valence-electron chi connectivity index (χ1n) is 15.4. The SMILES string of the molecule is CCCC/C=C\CCCCCCCCOCC(CO)OC(=O)CCCCCCC/C=C\CCCCC. The van der Waals surface area contributed by atoms with Gasteiger partial charge in [0.15, 0.2) is 0 Å². The normalized spacial score (nSPS) is 12.6. The highest BCUT2D eigenvalue weighted by Crippen LogP contribution is 2.11. The van der Waals surface area contributed by atoms with Gasteiger partial charge in [0, 0.05) is 13.0 Å². The van der Waals surface area contributed by atoms with Crippen molar-refractivity contribution in [3.05, 3.63) is 24.3 Å². The second kappa shape index (κ2) is 30.1. The number of unbranched alkanes of at least 4 members (excludes halogenated alkanes) is 16. The molecule has 0 aromatic rings. The fourth-order valence-electron chi connectivity index (χ4n) is 4.12. The first-order valence-corrected chi connectivity index (χ1v) is 15.4. The lowest BCUT2D eigenvalue weighted by Gasteiger charge is -2.15. The average Bonchev–Trinajstić information content (AvgIpc) is 2.88. The van der Waals surface area contributed by atoms with Crippen LogP contribution >= 0.6 is 0 Å². The molecule has 0 radical (unpaired) electrons. The molecule has 0 bridgehead atoms. The average molecular weight is 509 g/mol. The van der Waals surface area contributed by atoms with Crippen molar-refractivity contribution in [2.75, 3.05) is 19.8 Å². The first-order chi connectivity index (χ1) is 17.7. The Morgan fingerprint density at radius 3 is 1.67 bits per heavy atom. The summed E-state index contributed by atoms with van der Waals surface area (Å²) in [4.78, 5) is 12.0. The van der Waals surface area contributed by atoms with Crippen LogP contribution in [0, 0.1) is 0 Å². The molecule has 36 heavy (non-hydrogen) atoms. The molecule has 0 amide bonds. The van der Waals surface area contributed by atoms with Gasteiger partial charge >= 0.3 is 5.97 Å². The molecular weight excluding hydrogens is 448 g/mol. The Morgan fingerprint density at radius 1 is 0.639 bits per heavy atom. The van der Waals surface area contributed by atoms with Crippen LogP contribution in [-0.4, -0.2) is 37.0 Å². The Bertz CT molecular complexity index is 500. The van der Waals surface area contributed by atoms with Crippen LogP contribution in [0.15, 0.2) is 24.3 Å². The number of hydrogen-bond donors (Lipinski definition) is 1. The number of aliphatic hydroxyl groups excluding tert-OH is 1. The molecule has 0 aliphatic carbocycles. The van der Waals surface area contributed by atoms with E-state index in [1.807, 2.05) is 0 Å². The third-order valence-corrected chi connectivity index (χ3v) is 6.50. The lowest BCUT2D eigenvalue weighted by atomic mass is 10.1. The largest absolute Gasteiger partial charge is 0.457 e. The second-order valence-electron chi connectivity index (χ2n) is 10.2. The minimum Gasteiger partial charge on any atom is -0.457 e. The monoisotopic (exact) mass is 508 g/mol. The Balaban J connectivity index is 3.48. The van der Waals surface area contributed by atoms with E-state index >= 15 is 0 Å². The maximum atomic E-state index is 12.0. The van der Waals surface area contributed by atoms with E-state index in [2.05, 4.69) is 38.2 Å². The first kappa shape index (κ1) is 34.9. The fourth-order valence-corrected chi connectivity index (χ4v) is 4.12. The standard InChI is InChI=1S/C32H60O4/c1-3-5-7-9-11-13-15-17-19-21-23-25-27-32(34)36-31(29-33)30-35-28-26-24-22-20-18-16-14-12-10-8-6-4-2/h10-13,31,33H,3-9,14-30H2,1-2H3/b12-10-,13-11-. The Labute approximate surface area is 224 Å². The van der Waals surface area contributed by atoms with Crippen LogP contribution in [0.25, 0.3) is 0 Å². The molecular formula is C32H60O4. The number of carbonyl (C=O) groups excluding carboxylic acids is 1. The quantitative estimate of drug-likeness (QED) is 0.0650. The molecule has 0 aromatic carbocycles. The molecule has 0 aliphatic rings. The van der Waals surface area contributed by atoms with E-state index < -0.39 is 6.10 Å². The van der Waals surface area contributed by atoms with Gasteiger partial charge in [-0.05, 0) is 57.8 Å². The van der Waals surface area contributed by atoms with Crippen LogP contribution in [0.5, 0.6) is 0 Å². The zero-order valence-electron chi connectivity index (χ0n) is 24.0. The van der Waals surface area contributed by atoms with E-state index in [1.165, 1.54) is 109 Å². The van der Waals surface area contributed by atoms with E-state index in [-0.39, 0.29) is 12.6 Å². The van der Waals surface area contributed by atoms with Crippen molar-refractivity contribution in [2.24, 2.45) is 0 Å². The summed E-state index contributed by atoms with van der Waals surface area (Å²) in [5.41, 5.74) is 0. The molecule has 0 fully saturated rings. The highest BCUT2D eigenvalue weighted by atomic mass is 16.6. The van der Waals surface area contributed by atoms with Gasteiger partial charge in [0.1, 0.15) is 6.10 Å². The van der Waals surface area contributed by atoms with Crippen molar-refractivity contribution in [1.82, 2.24) is 0 Å². The summed E-state index contributed by atoms with van der Waals surface area (Å²) in [5.74, 6) is -0.215. The number of aliphatic hydroxyl groups is 1. The third-order valence-electron chi connectivity index (χ3n) is 6.50. The minimum absolute atomic E-state index is 0.176. The molecule has 1 atom stereocenters. The van der Waals surface area contributed by atoms with E-state index in [0.717, 1.165) is 19.3 Å². The maximum Gasteiger partial charge on any atom is 0.306 e. The van der Waals surface area contributed by atoms with Crippen molar-refractivity contribution in [3.8, 4) is 0 Å². The van der Waals surface area contributed by atoms with Crippen LogP contribution < -0.4 is 0 Å². The van der Waals surface area contributed by atoms with Gasteiger partial charge in [-0.1, -0.05) is 109 Å². The smallest absolute Gasteiger partial charge is 0.306 e. The van der Waals surface area contributed by atoms with Crippen LogP contribution in [-0.2, 0) is 14.3 Å². The lowest BCUT2D eigenvalue weighted by Crippen LogP contribution is -2.27. The Morgan fingerprint density at radius 2 is 1.11 bits per heavy atom. The van der Waals surface area contributed by atoms with Gasteiger partial charge in [-0.15, -0.1) is 0 Å². The minimum atomic E-state index is -0.535. The number of ether oxygens (including phenoxy) is 2. The summed E-state index contributed by atoms with van der Waals surface area (Å²) in [5, 5.41) is 9.48. The molecule has 0 aliphatic heterocycles. The highest BCUT2D eigenvalue weighted by molar-refractivity contribution is 5.69. The number of esters is 1. The molecule has 0 aromatic heterocycles. The van der Waals surface area contributed by atoms with Gasteiger partial charge in [-0.3, -0.25) is 4.79 Å². The predicted octanol–water partition coefficient (Wildman–Crippen LogP) is 9.25. The van der Waals surface area contributed by atoms with Gasteiger partial charge in [0.2, 0.25) is 0 Å². The summed E-state index contributed by atoms with van der Waals surface area (Å²) >= 11 is 0. The fraction of sp³-hybridized carbons (Fsp3) is 0.844. The van der Waals surface area contributed by atoms with Crippen LogP contribution in [0.3, 0.4) is 0 Å². The third kappa shape index (κ3) is 27.5. The number of rotatable bonds is 28. The summed E-state index contributed by atoms with van der Waals surface area (Å²) in [6.45, 7) is 5.26. The summed E-state index contributed by atoms with van der Waals surface area (Å²) in [7, 11) is 0.